The van der Waals surface area contributed by atoms with Crippen LogP contribution in [0.3, 0.4) is 0 Å². The molecule has 3 aromatic rings. The number of fused-ring (bicyclic) bond motifs is 1. The number of carbonyl (C=O) groups excluding carboxylic acids is 2. The van der Waals surface area contributed by atoms with Gasteiger partial charge in [0.2, 0.25) is 11.8 Å². The Morgan fingerprint density at radius 3 is 2.78 bits per heavy atom. The molecule has 0 spiro atoms. The number of piperidine rings is 1. The van der Waals surface area contributed by atoms with Crippen molar-refractivity contribution in [2.75, 3.05) is 13.1 Å². The van der Waals surface area contributed by atoms with Gasteiger partial charge in [-0.05, 0) is 25.0 Å². The SMILES string of the molecule is NC(=O)Cn1ccnc1C1CCN(C(=O)Cc2noc3ccccc23)CC1. The first-order chi connectivity index (χ1) is 13.1. The lowest BCUT2D eigenvalue weighted by molar-refractivity contribution is -0.131. The largest absolute Gasteiger partial charge is 0.368 e. The first kappa shape index (κ1) is 17.3. The van der Waals surface area contributed by atoms with E-state index in [0.717, 1.165) is 24.1 Å². The summed E-state index contributed by atoms with van der Waals surface area (Å²) in [6.07, 6.45) is 5.30. The molecular formula is C19H21N5O3. The van der Waals surface area contributed by atoms with Gasteiger partial charge in [-0.2, -0.15) is 0 Å². The Balaban J connectivity index is 1.38. The van der Waals surface area contributed by atoms with Crippen molar-refractivity contribution < 1.29 is 14.1 Å². The summed E-state index contributed by atoms with van der Waals surface area (Å²) in [7, 11) is 0. The number of benzene rings is 1. The van der Waals surface area contributed by atoms with Crippen molar-refractivity contribution in [2.24, 2.45) is 5.73 Å². The third kappa shape index (κ3) is 3.55. The van der Waals surface area contributed by atoms with Crippen LogP contribution in [0.25, 0.3) is 11.0 Å². The lowest BCUT2D eigenvalue weighted by atomic mass is 9.95. The molecule has 27 heavy (non-hydrogen) atoms. The number of carbonyl (C=O) groups is 2. The fourth-order valence-electron chi connectivity index (χ4n) is 3.69. The standard InChI is InChI=1S/C19H21N5O3/c20-17(25)12-24-10-7-21-19(24)13-5-8-23(9-6-13)18(26)11-15-14-3-1-2-4-16(14)27-22-15/h1-4,7,10,13H,5-6,8-9,11-12H2,(H2,20,25). The van der Waals surface area contributed by atoms with Gasteiger partial charge < -0.3 is 19.7 Å². The summed E-state index contributed by atoms with van der Waals surface area (Å²) in [4.78, 5) is 30.1. The number of nitrogens with two attached hydrogens (primary N) is 1. The van der Waals surface area contributed by atoms with Gasteiger partial charge in [-0.1, -0.05) is 17.3 Å². The fraction of sp³-hybridized carbons (Fsp3) is 0.368. The van der Waals surface area contributed by atoms with Crippen molar-refractivity contribution in [1.82, 2.24) is 19.6 Å². The molecule has 1 aliphatic heterocycles. The van der Waals surface area contributed by atoms with E-state index in [0.29, 0.717) is 24.4 Å². The molecule has 0 saturated carbocycles. The molecule has 1 saturated heterocycles. The van der Waals surface area contributed by atoms with Crippen molar-refractivity contribution in [2.45, 2.75) is 31.7 Å². The molecule has 8 nitrogen and oxygen atoms in total. The van der Waals surface area contributed by atoms with E-state index in [-0.39, 0.29) is 30.7 Å². The van der Waals surface area contributed by atoms with Gasteiger partial charge in [0.25, 0.3) is 0 Å². The Kier molecular flexibility index (Phi) is 4.62. The smallest absolute Gasteiger partial charge is 0.237 e. The van der Waals surface area contributed by atoms with Crippen LogP contribution in [0.1, 0.15) is 30.3 Å². The van der Waals surface area contributed by atoms with Crippen LogP contribution in [-0.2, 0) is 22.6 Å². The zero-order valence-corrected chi connectivity index (χ0v) is 14.9. The Bertz CT molecular complexity index is 969. The molecule has 0 aliphatic carbocycles. The minimum atomic E-state index is -0.387. The van der Waals surface area contributed by atoms with Crippen LogP contribution in [0.2, 0.25) is 0 Å². The number of rotatable bonds is 5. The topological polar surface area (TPSA) is 107 Å². The Morgan fingerprint density at radius 2 is 2.00 bits per heavy atom. The summed E-state index contributed by atoms with van der Waals surface area (Å²) in [5, 5.41) is 4.93. The maximum Gasteiger partial charge on any atom is 0.237 e. The maximum absolute atomic E-state index is 12.7. The molecule has 1 aromatic carbocycles. The van der Waals surface area contributed by atoms with Gasteiger partial charge in [0.15, 0.2) is 5.58 Å². The number of amides is 2. The van der Waals surface area contributed by atoms with E-state index in [9.17, 15) is 9.59 Å². The molecule has 0 atom stereocenters. The molecule has 4 rings (SSSR count). The number of nitrogens with zero attached hydrogens (tertiary/aromatic N) is 4. The highest BCUT2D eigenvalue weighted by molar-refractivity contribution is 5.86. The summed E-state index contributed by atoms with van der Waals surface area (Å²) >= 11 is 0. The summed E-state index contributed by atoms with van der Waals surface area (Å²) in [5.41, 5.74) is 6.66. The lowest BCUT2D eigenvalue weighted by Crippen LogP contribution is -2.39. The first-order valence-corrected chi connectivity index (χ1v) is 9.02. The molecule has 0 radical (unpaired) electrons. The van der Waals surface area contributed by atoms with Gasteiger partial charge in [0.1, 0.15) is 18.1 Å². The van der Waals surface area contributed by atoms with E-state index in [2.05, 4.69) is 10.1 Å². The average Bonchev–Trinajstić information content (AvgIpc) is 3.29. The number of primary amides is 1. The second-order valence-electron chi connectivity index (χ2n) is 6.84. The second-order valence-corrected chi connectivity index (χ2v) is 6.84. The lowest BCUT2D eigenvalue weighted by Gasteiger charge is -2.31. The van der Waals surface area contributed by atoms with Crippen LogP contribution in [0.15, 0.2) is 41.2 Å². The van der Waals surface area contributed by atoms with Gasteiger partial charge >= 0.3 is 0 Å². The minimum Gasteiger partial charge on any atom is -0.368 e. The van der Waals surface area contributed by atoms with Crippen LogP contribution >= 0.6 is 0 Å². The molecule has 8 heteroatoms. The molecule has 0 unspecified atom stereocenters. The molecule has 2 amide bonds. The minimum absolute atomic E-state index is 0.0491. The molecular weight excluding hydrogens is 346 g/mol. The summed E-state index contributed by atoms with van der Waals surface area (Å²) in [5.74, 6) is 0.745. The van der Waals surface area contributed by atoms with Crippen LogP contribution in [0, 0.1) is 0 Å². The van der Waals surface area contributed by atoms with Crippen LogP contribution in [-0.4, -0.2) is 44.5 Å². The van der Waals surface area contributed by atoms with E-state index in [4.69, 9.17) is 10.3 Å². The summed E-state index contributed by atoms with van der Waals surface area (Å²) < 4.78 is 7.08. The summed E-state index contributed by atoms with van der Waals surface area (Å²) in [6, 6.07) is 7.55. The normalized spacial score (nSPS) is 15.3. The zero-order chi connectivity index (χ0) is 18.8. The molecule has 2 N–H and O–H groups in total. The third-order valence-electron chi connectivity index (χ3n) is 5.06. The zero-order valence-electron chi connectivity index (χ0n) is 14.9. The Hall–Kier alpha value is -3.16. The average molecular weight is 367 g/mol. The first-order valence-electron chi connectivity index (χ1n) is 9.02. The molecule has 1 aliphatic rings. The molecule has 2 aromatic heterocycles. The van der Waals surface area contributed by atoms with E-state index < -0.39 is 0 Å². The Morgan fingerprint density at radius 1 is 1.22 bits per heavy atom. The number of aromatic nitrogens is 3. The van der Waals surface area contributed by atoms with Crippen molar-refractivity contribution in [3.05, 3.63) is 48.2 Å². The number of hydrogen-bond donors (Lipinski definition) is 1. The van der Waals surface area contributed by atoms with Crippen molar-refractivity contribution >= 4 is 22.8 Å². The highest BCUT2D eigenvalue weighted by Crippen LogP contribution is 2.27. The number of imidazole rings is 1. The van der Waals surface area contributed by atoms with Crippen LogP contribution in [0.4, 0.5) is 0 Å². The van der Waals surface area contributed by atoms with Crippen molar-refractivity contribution in [1.29, 1.82) is 0 Å². The van der Waals surface area contributed by atoms with Crippen LogP contribution < -0.4 is 5.73 Å². The monoisotopic (exact) mass is 367 g/mol. The van der Waals surface area contributed by atoms with Gasteiger partial charge in [-0.25, -0.2) is 4.98 Å². The quantitative estimate of drug-likeness (QED) is 0.734. The second kappa shape index (κ2) is 7.22. The highest BCUT2D eigenvalue weighted by Gasteiger charge is 2.27. The van der Waals surface area contributed by atoms with Gasteiger partial charge in [0, 0.05) is 36.8 Å². The molecule has 3 heterocycles. The number of para-hydroxylation sites is 1. The van der Waals surface area contributed by atoms with Crippen LogP contribution in [0.5, 0.6) is 0 Å². The predicted molar refractivity (Wildman–Crippen MR) is 97.7 cm³/mol. The maximum atomic E-state index is 12.7. The van der Waals surface area contributed by atoms with E-state index in [1.54, 1.807) is 17.0 Å². The van der Waals surface area contributed by atoms with E-state index in [1.165, 1.54) is 0 Å². The molecule has 1 fully saturated rings. The Labute approximate surface area is 155 Å². The fourth-order valence-corrected chi connectivity index (χ4v) is 3.69. The number of hydrogen-bond acceptors (Lipinski definition) is 5. The summed E-state index contributed by atoms with van der Waals surface area (Å²) in [6.45, 7) is 1.44. The third-order valence-corrected chi connectivity index (χ3v) is 5.06. The van der Waals surface area contributed by atoms with E-state index in [1.807, 2.05) is 29.2 Å². The molecule has 0 bridgehead atoms. The predicted octanol–water partition coefficient (Wildman–Crippen LogP) is 1.46. The van der Waals surface area contributed by atoms with Gasteiger partial charge in [-0.15, -0.1) is 0 Å². The van der Waals surface area contributed by atoms with Gasteiger partial charge in [0.05, 0.1) is 6.42 Å². The highest BCUT2D eigenvalue weighted by atomic mass is 16.5. The van der Waals surface area contributed by atoms with E-state index >= 15 is 0 Å². The van der Waals surface area contributed by atoms with Gasteiger partial charge in [-0.3, -0.25) is 9.59 Å². The molecule has 140 valence electrons. The number of likely N-dealkylation sites (tertiary alicyclic amines) is 1. The van der Waals surface area contributed by atoms with Crippen molar-refractivity contribution in [3.8, 4) is 0 Å². The van der Waals surface area contributed by atoms with Crippen molar-refractivity contribution in [3.63, 3.8) is 0 Å².